The highest BCUT2D eigenvalue weighted by Gasteiger charge is 2.04. The number of amides is 1. The van der Waals surface area contributed by atoms with Crippen molar-refractivity contribution in [3.05, 3.63) is 29.8 Å². The molecule has 0 unspecified atom stereocenters. The van der Waals surface area contributed by atoms with Crippen LogP contribution < -0.4 is 14.8 Å². The predicted molar refractivity (Wildman–Crippen MR) is 82.6 cm³/mol. The van der Waals surface area contributed by atoms with E-state index in [2.05, 4.69) is 5.32 Å². The molecule has 0 bridgehead atoms. The average molecular weight is 304 g/mol. The van der Waals surface area contributed by atoms with Crippen molar-refractivity contribution in [3.8, 4) is 17.6 Å². The Bertz CT molecular complexity index is 550. The normalized spacial score (nSPS) is 10.2. The van der Waals surface area contributed by atoms with Crippen LogP contribution in [0.2, 0.25) is 0 Å². The first-order chi connectivity index (χ1) is 10.7. The zero-order chi connectivity index (χ0) is 16.2. The van der Waals surface area contributed by atoms with E-state index < -0.39 is 0 Å². The van der Waals surface area contributed by atoms with Gasteiger partial charge in [0.1, 0.15) is 6.07 Å². The third kappa shape index (κ3) is 6.29. The van der Waals surface area contributed by atoms with Crippen molar-refractivity contribution in [2.45, 2.75) is 6.42 Å². The molecule has 118 valence electrons. The van der Waals surface area contributed by atoms with Gasteiger partial charge in [-0.15, -0.1) is 0 Å². The van der Waals surface area contributed by atoms with Gasteiger partial charge in [-0.05, 0) is 30.2 Å². The highest BCUT2D eigenvalue weighted by Crippen LogP contribution is 2.28. The minimum atomic E-state index is -0.167. The highest BCUT2D eigenvalue weighted by molar-refractivity contribution is 5.91. The molecule has 1 amide bonds. The summed E-state index contributed by atoms with van der Waals surface area (Å²) in [7, 11) is 3.14. The number of rotatable bonds is 9. The Balaban J connectivity index is 2.59. The van der Waals surface area contributed by atoms with E-state index in [1.807, 2.05) is 6.07 Å². The Kier molecular flexibility index (Phi) is 8.16. The fraction of sp³-hybridized carbons (Fsp3) is 0.375. The van der Waals surface area contributed by atoms with E-state index in [1.54, 1.807) is 31.4 Å². The predicted octanol–water partition coefficient (Wildman–Crippen LogP) is 1.76. The molecule has 0 spiro atoms. The van der Waals surface area contributed by atoms with Crippen LogP contribution >= 0.6 is 0 Å². The summed E-state index contributed by atoms with van der Waals surface area (Å²) < 4.78 is 15.3. The zero-order valence-corrected chi connectivity index (χ0v) is 12.8. The molecule has 6 nitrogen and oxygen atoms in total. The number of nitriles is 1. The van der Waals surface area contributed by atoms with Crippen molar-refractivity contribution in [1.29, 1.82) is 5.26 Å². The summed E-state index contributed by atoms with van der Waals surface area (Å²) in [4.78, 5) is 11.6. The van der Waals surface area contributed by atoms with Gasteiger partial charge < -0.3 is 19.5 Å². The number of hydrogen-bond donors (Lipinski definition) is 1. The molecule has 1 aromatic carbocycles. The van der Waals surface area contributed by atoms with Crippen molar-refractivity contribution in [2.75, 3.05) is 34.0 Å². The van der Waals surface area contributed by atoms with Crippen LogP contribution in [0.15, 0.2) is 24.3 Å². The molecule has 0 saturated heterocycles. The minimum absolute atomic E-state index is 0.0462. The zero-order valence-electron chi connectivity index (χ0n) is 12.8. The molecule has 0 aliphatic heterocycles. The van der Waals surface area contributed by atoms with Gasteiger partial charge in [-0.2, -0.15) is 5.26 Å². The van der Waals surface area contributed by atoms with Gasteiger partial charge >= 0.3 is 0 Å². The van der Waals surface area contributed by atoms with Crippen molar-refractivity contribution in [2.24, 2.45) is 0 Å². The SMILES string of the molecule is COCCCNC(=O)/C=C/c1ccc(OCC#N)c(OC)c1. The Labute approximate surface area is 130 Å². The molecule has 6 heteroatoms. The first-order valence-corrected chi connectivity index (χ1v) is 6.84. The molecule has 0 saturated carbocycles. The van der Waals surface area contributed by atoms with Gasteiger partial charge in [-0.1, -0.05) is 6.07 Å². The van der Waals surface area contributed by atoms with Crippen LogP contribution in [-0.4, -0.2) is 39.9 Å². The first kappa shape index (κ1) is 17.5. The second-order valence-corrected chi connectivity index (χ2v) is 4.33. The summed E-state index contributed by atoms with van der Waals surface area (Å²) in [5.41, 5.74) is 0.799. The molecular formula is C16H20N2O4. The standard InChI is InChI=1S/C16H20N2O4/c1-20-10-3-9-18-16(19)7-5-13-4-6-14(22-11-8-17)15(12-13)21-2/h4-7,12H,3,9-11H2,1-2H3,(H,18,19)/b7-5+. The highest BCUT2D eigenvalue weighted by atomic mass is 16.5. The Morgan fingerprint density at radius 3 is 2.86 bits per heavy atom. The maximum Gasteiger partial charge on any atom is 0.244 e. The summed E-state index contributed by atoms with van der Waals surface area (Å²) >= 11 is 0. The smallest absolute Gasteiger partial charge is 0.244 e. The summed E-state index contributed by atoms with van der Waals surface area (Å²) in [6, 6.07) is 7.12. The van der Waals surface area contributed by atoms with Crippen LogP contribution in [0.3, 0.4) is 0 Å². The molecular weight excluding hydrogens is 284 g/mol. The number of methoxy groups -OCH3 is 2. The monoisotopic (exact) mass is 304 g/mol. The van der Waals surface area contributed by atoms with E-state index in [0.29, 0.717) is 24.7 Å². The third-order valence-electron chi connectivity index (χ3n) is 2.73. The molecule has 1 rings (SSSR count). The van der Waals surface area contributed by atoms with Gasteiger partial charge in [0.2, 0.25) is 5.91 Å². The van der Waals surface area contributed by atoms with Crippen LogP contribution in [0.25, 0.3) is 6.08 Å². The molecule has 22 heavy (non-hydrogen) atoms. The maximum atomic E-state index is 11.6. The second kappa shape index (κ2) is 10.2. The molecule has 1 aromatic rings. The summed E-state index contributed by atoms with van der Waals surface area (Å²) in [5.74, 6) is 0.836. The number of nitrogens with zero attached hydrogens (tertiary/aromatic N) is 1. The van der Waals surface area contributed by atoms with Gasteiger partial charge in [0.05, 0.1) is 7.11 Å². The number of carbonyl (C=O) groups excluding carboxylic acids is 1. The summed E-state index contributed by atoms with van der Waals surface area (Å²) in [6.45, 7) is 1.14. The second-order valence-electron chi connectivity index (χ2n) is 4.33. The lowest BCUT2D eigenvalue weighted by molar-refractivity contribution is -0.116. The molecule has 0 radical (unpaired) electrons. The van der Waals surface area contributed by atoms with Crippen molar-refractivity contribution < 1.29 is 19.0 Å². The Morgan fingerprint density at radius 1 is 1.36 bits per heavy atom. The molecule has 0 heterocycles. The molecule has 0 aliphatic carbocycles. The van der Waals surface area contributed by atoms with Gasteiger partial charge in [-0.3, -0.25) is 4.79 Å². The topological polar surface area (TPSA) is 80.6 Å². The molecule has 0 aliphatic rings. The third-order valence-corrected chi connectivity index (χ3v) is 2.73. The fourth-order valence-corrected chi connectivity index (χ4v) is 1.68. The van der Waals surface area contributed by atoms with E-state index in [-0.39, 0.29) is 12.5 Å². The molecule has 1 N–H and O–H groups in total. The molecule has 0 atom stereocenters. The van der Waals surface area contributed by atoms with Crippen LogP contribution in [0.1, 0.15) is 12.0 Å². The van der Waals surface area contributed by atoms with Crippen LogP contribution in [-0.2, 0) is 9.53 Å². The lowest BCUT2D eigenvalue weighted by atomic mass is 10.2. The van der Waals surface area contributed by atoms with E-state index >= 15 is 0 Å². The maximum absolute atomic E-state index is 11.6. The van der Waals surface area contributed by atoms with Crippen molar-refractivity contribution >= 4 is 12.0 Å². The van der Waals surface area contributed by atoms with Gasteiger partial charge in [0, 0.05) is 26.3 Å². The Hall–Kier alpha value is -2.52. The van der Waals surface area contributed by atoms with Crippen molar-refractivity contribution in [1.82, 2.24) is 5.32 Å². The van der Waals surface area contributed by atoms with Crippen LogP contribution in [0.4, 0.5) is 0 Å². The van der Waals surface area contributed by atoms with E-state index in [0.717, 1.165) is 12.0 Å². The number of carbonyl (C=O) groups is 1. The van der Waals surface area contributed by atoms with Crippen LogP contribution in [0, 0.1) is 11.3 Å². The first-order valence-electron chi connectivity index (χ1n) is 6.84. The quantitative estimate of drug-likeness (QED) is 0.555. The Morgan fingerprint density at radius 2 is 2.18 bits per heavy atom. The summed E-state index contributed by atoms with van der Waals surface area (Å²) in [6.07, 6.45) is 3.91. The van der Waals surface area contributed by atoms with Gasteiger partial charge in [0.15, 0.2) is 18.1 Å². The lowest BCUT2D eigenvalue weighted by Crippen LogP contribution is -2.22. The minimum Gasteiger partial charge on any atom is -0.493 e. The molecule has 0 fully saturated rings. The largest absolute Gasteiger partial charge is 0.493 e. The van der Waals surface area contributed by atoms with E-state index in [1.165, 1.54) is 13.2 Å². The van der Waals surface area contributed by atoms with Gasteiger partial charge in [-0.25, -0.2) is 0 Å². The van der Waals surface area contributed by atoms with E-state index in [9.17, 15) is 4.79 Å². The number of benzene rings is 1. The fourth-order valence-electron chi connectivity index (χ4n) is 1.68. The molecule has 0 aromatic heterocycles. The van der Waals surface area contributed by atoms with Crippen LogP contribution in [0.5, 0.6) is 11.5 Å². The summed E-state index contributed by atoms with van der Waals surface area (Å²) in [5, 5.41) is 11.3. The van der Waals surface area contributed by atoms with Gasteiger partial charge in [0.25, 0.3) is 0 Å². The number of ether oxygens (including phenoxy) is 3. The van der Waals surface area contributed by atoms with E-state index in [4.69, 9.17) is 19.5 Å². The lowest BCUT2D eigenvalue weighted by Gasteiger charge is -2.08. The number of hydrogen-bond acceptors (Lipinski definition) is 5. The number of nitrogens with one attached hydrogen (secondary N) is 1. The average Bonchev–Trinajstić information content (AvgIpc) is 2.55. The van der Waals surface area contributed by atoms with Crippen molar-refractivity contribution in [3.63, 3.8) is 0 Å².